The van der Waals surface area contributed by atoms with Crippen LogP contribution in [0.25, 0.3) is 0 Å². The summed E-state index contributed by atoms with van der Waals surface area (Å²) in [4.78, 5) is 4.11. The second kappa shape index (κ2) is 4.24. The highest BCUT2D eigenvalue weighted by atomic mass is 14.7. The van der Waals surface area contributed by atoms with E-state index in [1.165, 1.54) is 5.57 Å². The predicted octanol–water partition coefficient (Wildman–Crippen LogP) is 3.58. The van der Waals surface area contributed by atoms with Crippen LogP contribution >= 0.6 is 0 Å². The van der Waals surface area contributed by atoms with Crippen molar-refractivity contribution < 1.29 is 0 Å². The molecule has 0 N–H and O–H groups in total. The molecule has 0 aliphatic heterocycles. The van der Waals surface area contributed by atoms with Crippen LogP contribution in [0.1, 0.15) is 34.6 Å². The molecule has 1 heteroatoms. The zero-order chi connectivity index (χ0) is 9.78. The van der Waals surface area contributed by atoms with Crippen LogP contribution in [0.3, 0.4) is 0 Å². The average molecular weight is 165 g/mol. The van der Waals surface area contributed by atoms with Gasteiger partial charge >= 0.3 is 0 Å². The Morgan fingerprint density at radius 3 is 2.08 bits per heavy atom. The highest BCUT2D eigenvalue weighted by molar-refractivity contribution is 5.54. The molecule has 0 aromatic rings. The van der Waals surface area contributed by atoms with E-state index in [-0.39, 0.29) is 5.41 Å². The molecule has 0 aromatic heterocycles. The number of hydrogen-bond acceptors (Lipinski definition) is 1. The molecular weight excluding hydrogens is 146 g/mol. The van der Waals surface area contributed by atoms with E-state index in [0.717, 1.165) is 5.57 Å². The van der Waals surface area contributed by atoms with Gasteiger partial charge in [-0.1, -0.05) is 32.9 Å². The van der Waals surface area contributed by atoms with E-state index in [2.05, 4.69) is 32.3 Å². The standard InChI is InChI=1S/C11H19N/c1-7-12-8-10(9(2)3)11(4,5)6/h7-8H,2H2,1,3-6H3/b10-8+,12-7-. The molecule has 1 nitrogen and oxygen atoms in total. The predicted molar refractivity (Wildman–Crippen MR) is 56.5 cm³/mol. The van der Waals surface area contributed by atoms with E-state index in [9.17, 15) is 0 Å². The monoisotopic (exact) mass is 165 g/mol. The normalized spacial score (nSPS) is 13.9. The van der Waals surface area contributed by atoms with E-state index < -0.39 is 0 Å². The van der Waals surface area contributed by atoms with Crippen LogP contribution in [0.15, 0.2) is 28.9 Å². The number of rotatable bonds is 2. The van der Waals surface area contributed by atoms with E-state index in [4.69, 9.17) is 0 Å². The fourth-order valence-corrected chi connectivity index (χ4v) is 1.09. The highest BCUT2D eigenvalue weighted by Gasteiger charge is 2.16. The molecule has 0 rings (SSSR count). The smallest absolute Gasteiger partial charge is 0.0303 e. The highest BCUT2D eigenvalue weighted by Crippen LogP contribution is 2.29. The van der Waals surface area contributed by atoms with Crippen LogP contribution in [0, 0.1) is 5.41 Å². The quantitative estimate of drug-likeness (QED) is 0.438. The lowest BCUT2D eigenvalue weighted by Gasteiger charge is -2.22. The van der Waals surface area contributed by atoms with Gasteiger partial charge in [0.2, 0.25) is 0 Å². The molecule has 0 amide bonds. The van der Waals surface area contributed by atoms with Crippen LogP contribution in [0.4, 0.5) is 0 Å². The molecular formula is C11H19N. The Bertz CT molecular complexity index is 214. The third-order valence-electron chi connectivity index (χ3n) is 1.62. The van der Waals surface area contributed by atoms with Gasteiger partial charge in [-0.15, -0.1) is 0 Å². The molecule has 0 unspecified atom stereocenters. The van der Waals surface area contributed by atoms with Gasteiger partial charge in [-0.25, -0.2) is 0 Å². The first kappa shape index (κ1) is 11.2. The lowest BCUT2D eigenvalue weighted by atomic mass is 9.83. The van der Waals surface area contributed by atoms with Crippen LogP contribution in [0.5, 0.6) is 0 Å². The van der Waals surface area contributed by atoms with Gasteiger partial charge in [0.1, 0.15) is 0 Å². The Balaban J connectivity index is 4.80. The topological polar surface area (TPSA) is 12.4 Å². The molecule has 0 radical (unpaired) electrons. The first-order valence-corrected chi connectivity index (χ1v) is 4.24. The molecule has 0 aliphatic carbocycles. The third kappa shape index (κ3) is 3.51. The summed E-state index contributed by atoms with van der Waals surface area (Å²) >= 11 is 0. The van der Waals surface area contributed by atoms with Crippen molar-refractivity contribution in [3.8, 4) is 0 Å². The fraction of sp³-hybridized carbons (Fsp3) is 0.545. The minimum atomic E-state index is 0.137. The van der Waals surface area contributed by atoms with Crippen molar-refractivity contribution in [3.63, 3.8) is 0 Å². The molecule has 12 heavy (non-hydrogen) atoms. The van der Waals surface area contributed by atoms with Crippen LogP contribution in [-0.2, 0) is 0 Å². The Labute approximate surface area is 75.9 Å². The molecule has 0 saturated heterocycles. The van der Waals surface area contributed by atoms with Gasteiger partial charge in [0.05, 0.1) is 0 Å². The second-order valence-corrected chi connectivity index (χ2v) is 3.98. The first-order valence-electron chi connectivity index (χ1n) is 4.24. The van der Waals surface area contributed by atoms with Crippen molar-refractivity contribution in [3.05, 3.63) is 23.9 Å². The molecule has 0 bridgehead atoms. The molecule has 0 spiro atoms. The molecule has 68 valence electrons. The number of allylic oxidation sites excluding steroid dienone is 2. The van der Waals surface area contributed by atoms with Crippen LogP contribution < -0.4 is 0 Å². The lowest BCUT2D eigenvalue weighted by molar-refractivity contribution is 0.509. The summed E-state index contributed by atoms with van der Waals surface area (Å²) in [6.45, 7) is 14.4. The Morgan fingerprint density at radius 1 is 1.33 bits per heavy atom. The van der Waals surface area contributed by atoms with E-state index >= 15 is 0 Å². The largest absolute Gasteiger partial charge is 0.269 e. The van der Waals surface area contributed by atoms with E-state index in [0.29, 0.717) is 0 Å². The SMILES string of the molecule is C=C(C)/C(=C\N=C/C)C(C)(C)C. The van der Waals surface area contributed by atoms with Crippen molar-refractivity contribution in [2.75, 3.05) is 0 Å². The number of aliphatic imine (C=N–C) groups is 1. The minimum absolute atomic E-state index is 0.137. The molecule has 0 saturated carbocycles. The molecule has 0 aliphatic rings. The Kier molecular flexibility index (Phi) is 3.94. The summed E-state index contributed by atoms with van der Waals surface area (Å²) in [5.74, 6) is 0. The first-order chi connectivity index (χ1) is 5.39. The van der Waals surface area contributed by atoms with Crippen molar-refractivity contribution in [1.29, 1.82) is 0 Å². The maximum atomic E-state index is 4.11. The number of nitrogens with zero attached hydrogens (tertiary/aromatic N) is 1. The second-order valence-electron chi connectivity index (χ2n) is 3.98. The summed E-state index contributed by atoms with van der Waals surface area (Å²) in [7, 11) is 0. The van der Waals surface area contributed by atoms with Gasteiger partial charge in [0.15, 0.2) is 0 Å². The van der Waals surface area contributed by atoms with Crippen LogP contribution in [-0.4, -0.2) is 6.21 Å². The van der Waals surface area contributed by atoms with Crippen molar-refractivity contribution in [2.45, 2.75) is 34.6 Å². The van der Waals surface area contributed by atoms with Gasteiger partial charge in [0, 0.05) is 12.4 Å². The minimum Gasteiger partial charge on any atom is -0.269 e. The van der Waals surface area contributed by atoms with Crippen LogP contribution in [0.2, 0.25) is 0 Å². The summed E-state index contributed by atoms with van der Waals surface area (Å²) in [5.41, 5.74) is 2.44. The maximum Gasteiger partial charge on any atom is 0.0303 e. The van der Waals surface area contributed by atoms with Gasteiger partial charge in [-0.05, 0) is 24.8 Å². The summed E-state index contributed by atoms with van der Waals surface area (Å²) in [6, 6.07) is 0. The van der Waals surface area contributed by atoms with Crippen molar-refractivity contribution in [1.82, 2.24) is 0 Å². The van der Waals surface area contributed by atoms with Gasteiger partial charge in [-0.3, -0.25) is 4.99 Å². The molecule has 0 aromatic carbocycles. The summed E-state index contributed by atoms with van der Waals surface area (Å²) in [5, 5.41) is 0. The Hall–Kier alpha value is -0.850. The van der Waals surface area contributed by atoms with Crippen molar-refractivity contribution in [2.24, 2.45) is 10.4 Å². The Morgan fingerprint density at radius 2 is 1.83 bits per heavy atom. The van der Waals surface area contributed by atoms with Crippen molar-refractivity contribution >= 4 is 6.21 Å². The third-order valence-corrected chi connectivity index (χ3v) is 1.62. The summed E-state index contributed by atoms with van der Waals surface area (Å²) < 4.78 is 0. The van der Waals surface area contributed by atoms with Gasteiger partial charge in [0.25, 0.3) is 0 Å². The lowest BCUT2D eigenvalue weighted by Crippen LogP contribution is -2.09. The maximum absolute atomic E-state index is 4.11. The molecule has 0 fully saturated rings. The zero-order valence-electron chi connectivity index (χ0n) is 8.81. The van der Waals surface area contributed by atoms with E-state index in [1.54, 1.807) is 6.21 Å². The fourth-order valence-electron chi connectivity index (χ4n) is 1.09. The molecule has 0 atom stereocenters. The van der Waals surface area contributed by atoms with E-state index in [1.807, 2.05) is 20.0 Å². The number of hydrogen-bond donors (Lipinski definition) is 0. The molecule has 0 heterocycles. The summed E-state index contributed by atoms with van der Waals surface area (Å²) in [6.07, 6.45) is 3.68. The van der Waals surface area contributed by atoms with Gasteiger partial charge < -0.3 is 0 Å². The van der Waals surface area contributed by atoms with Gasteiger partial charge in [-0.2, -0.15) is 0 Å². The zero-order valence-corrected chi connectivity index (χ0v) is 8.81. The average Bonchev–Trinajstić information content (AvgIpc) is 1.84.